The highest BCUT2D eigenvalue weighted by atomic mass is 16.5. The molecule has 9 heteroatoms. The molecule has 0 bridgehead atoms. The van der Waals surface area contributed by atoms with Gasteiger partial charge in [-0.25, -0.2) is 0 Å². The van der Waals surface area contributed by atoms with Crippen molar-refractivity contribution in [3.63, 3.8) is 0 Å². The van der Waals surface area contributed by atoms with Crippen LogP contribution >= 0.6 is 0 Å². The molecule has 0 saturated heterocycles. The molecule has 0 fully saturated rings. The number of benzene rings is 2. The molecule has 0 spiro atoms. The van der Waals surface area contributed by atoms with Gasteiger partial charge in [-0.3, -0.25) is 4.79 Å². The summed E-state index contributed by atoms with van der Waals surface area (Å²) in [6.07, 6.45) is 0. The monoisotopic (exact) mass is 419 g/mol. The number of amides is 1. The molecule has 0 saturated carbocycles. The van der Waals surface area contributed by atoms with Gasteiger partial charge in [0.1, 0.15) is 0 Å². The van der Waals surface area contributed by atoms with Crippen LogP contribution in [0.4, 0.5) is 5.69 Å². The number of fused-ring (bicyclic) bond motifs is 1. The Labute approximate surface area is 178 Å². The van der Waals surface area contributed by atoms with E-state index in [0.717, 1.165) is 11.3 Å². The quantitative estimate of drug-likeness (QED) is 0.511. The molecule has 1 amide bonds. The summed E-state index contributed by atoms with van der Waals surface area (Å²) in [5.74, 6) is 1.62. The first-order chi connectivity index (χ1) is 15.0. The summed E-state index contributed by atoms with van der Waals surface area (Å²) in [4.78, 5) is 12.9. The standard InChI is InChI=1S/C22H21N5O4/c1-13-24-25-20-9-8-17(26-27(13)20)14-6-5-7-16(10-14)23-22(28)15-11-18(29-2)21(31-4)19(12-15)30-3/h5-12H,1-4H3,(H,23,28). The van der Waals surface area contributed by atoms with Crippen LogP contribution in [0.2, 0.25) is 0 Å². The van der Waals surface area contributed by atoms with Gasteiger partial charge in [-0.15, -0.1) is 10.2 Å². The SMILES string of the molecule is COc1cc(C(=O)Nc2cccc(-c3ccc4nnc(C)n4n3)c2)cc(OC)c1OC. The highest BCUT2D eigenvalue weighted by Gasteiger charge is 2.17. The van der Waals surface area contributed by atoms with Gasteiger partial charge in [0.05, 0.1) is 27.0 Å². The Bertz CT molecular complexity index is 1240. The molecule has 31 heavy (non-hydrogen) atoms. The number of aryl methyl sites for hydroxylation is 1. The Kier molecular flexibility index (Phi) is 5.40. The van der Waals surface area contributed by atoms with Crippen LogP contribution in [0.1, 0.15) is 16.2 Å². The molecule has 158 valence electrons. The van der Waals surface area contributed by atoms with E-state index < -0.39 is 0 Å². The van der Waals surface area contributed by atoms with Crippen molar-refractivity contribution in [2.45, 2.75) is 6.92 Å². The third-order valence-corrected chi connectivity index (χ3v) is 4.76. The maximum Gasteiger partial charge on any atom is 0.255 e. The maximum absolute atomic E-state index is 12.9. The van der Waals surface area contributed by atoms with E-state index in [0.29, 0.717) is 40.0 Å². The molecule has 1 N–H and O–H groups in total. The first-order valence-corrected chi connectivity index (χ1v) is 9.45. The van der Waals surface area contributed by atoms with Gasteiger partial charge >= 0.3 is 0 Å². The Hall–Kier alpha value is -4.14. The summed E-state index contributed by atoms with van der Waals surface area (Å²) in [5, 5.41) is 15.6. The number of rotatable bonds is 6. The zero-order valence-electron chi connectivity index (χ0n) is 17.5. The van der Waals surface area contributed by atoms with Gasteiger partial charge in [-0.1, -0.05) is 12.1 Å². The third-order valence-electron chi connectivity index (χ3n) is 4.76. The van der Waals surface area contributed by atoms with E-state index in [1.54, 1.807) is 16.6 Å². The number of methoxy groups -OCH3 is 3. The Morgan fingerprint density at radius 2 is 1.68 bits per heavy atom. The van der Waals surface area contributed by atoms with E-state index in [4.69, 9.17) is 14.2 Å². The van der Waals surface area contributed by atoms with Gasteiger partial charge in [-0.2, -0.15) is 9.61 Å². The van der Waals surface area contributed by atoms with E-state index in [2.05, 4.69) is 20.6 Å². The van der Waals surface area contributed by atoms with Crippen LogP contribution in [0.5, 0.6) is 17.2 Å². The van der Waals surface area contributed by atoms with Crippen LogP contribution in [-0.2, 0) is 0 Å². The topological polar surface area (TPSA) is 99.9 Å². The number of aromatic nitrogens is 4. The van der Waals surface area contributed by atoms with Gasteiger partial charge in [0, 0.05) is 16.8 Å². The lowest BCUT2D eigenvalue weighted by Crippen LogP contribution is -2.12. The van der Waals surface area contributed by atoms with Crippen molar-refractivity contribution in [3.05, 3.63) is 59.9 Å². The summed E-state index contributed by atoms with van der Waals surface area (Å²) in [6.45, 7) is 1.84. The fourth-order valence-corrected chi connectivity index (χ4v) is 3.22. The van der Waals surface area contributed by atoms with Crippen molar-refractivity contribution in [3.8, 4) is 28.5 Å². The van der Waals surface area contributed by atoms with Crippen LogP contribution in [0.25, 0.3) is 16.9 Å². The molecule has 9 nitrogen and oxygen atoms in total. The van der Waals surface area contributed by atoms with Crippen molar-refractivity contribution in [2.75, 3.05) is 26.6 Å². The van der Waals surface area contributed by atoms with E-state index in [1.807, 2.05) is 43.3 Å². The smallest absolute Gasteiger partial charge is 0.255 e. The summed E-state index contributed by atoms with van der Waals surface area (Å²) in [6, 6.07) is 14.3. The number of nitrogens with one attached hydrogen (secondary N) is 1. The van der Waals surface area contributed by atoms with Gasteiger partial charge in [-0.05, 0) is 43.3 Å². The predicted octanol–water partition coefficient (Wildman–Crippen LogP) is 3.38. The van der Waals surface area contributed by atoms with Gasteiger partial charge in [0.2, 0.25) is 5.75 Å². The van der Waals surface area contributed by atoms with E-state index in [1.165, 1.54) is 21.3 Å². The average Bonchev–Trinajstić information content (AvgIpc) is 3.18. The Balaban J connectivity index is 1.63. The largest absolute Gasteiger partial charge is 0.493 e. The first kappa shape index (κ1) is 20.1. The minimum Gasteiger partial charge on any atom is -0.493 e. The Morgan fingerprint density at radius 3 is 2.35 bits per heavy atom. The second-order valence-corrected chi connectivity index (χ2v) is 6.68. The minimum absolute atomic E-state index is 0.311. The van der Waals surface area contributed by atoms with E-state index >= 15 is 0 Å². The van der Waals surface area contributed by atoms with E-state index in [-0.39, 0.29) is 5.91 Å². The molecule has 2 heterocycles. The first-order valence-electron chi connectivity index (χ1n) is 9.45. The second kappa shape index (κ2) is 8.31. The fourth-order valence-electron chi connectivity index (χ4n) is 3.22. The zero-order chi connectivity index (χ0) is 22.0. The number of carbonyl (C=O) groups is 1. The minimum atomic E-state index is -0.311. The lowest BCUT2D eigenvalue weighted by Gasteiger charge is -2.14. The highest BCUT2D eigenvalue weighted by molar-refractivity contribution is 6.05. The lowest BCUT2D eigenvalue weighted by molar-refractivity contribution is 0.102. The zero-order valence-corrected chi connectivity index (χ0v) is 17.5. The molecular formula is C22H21N5O4. The van der Waals surface area contributed by atoms with Crippen molar-refractivity contribution in [1.82, 2.24) is 19.8 Å². The number of nitrogens with zero attached hydrogens (tertiary/aromatic N) is 4. The summed E-state index contributed by atoms with van der Waals surface area (Å²) < 4.78 is 17.6. The molecule has 0 radical (unpaired) electrons. The molecule has 4 rings (SSSR count). The average molecular weight is 419 g/mol. The molecule has 4 aromatic rings. The molecular weight excluding hydrogens is 398 g/mol. The number of ether oxygens (including phenoxy) is 3. The summed E-state index contributed by atoms with van der Waals surface area (Å²) in [7, 11) is 4.52. The van der Waals surface area contributed by atoms with E-state index in [9.17, 15) is 4.79 Å². The summed E-state index contributed by atoms with van der Waals surface area (Å²) in [5.41, 5.74) is 3.25. The normalized spacial score (nSPS) is 10.7. The fraction of sp³-hybridized carbons (Fsp3) is 0.182. The van der Waals surface area contributed by atoms with Gasteiger partial charge in [0.25, 0.3) is 5.91 Å². The van der Waals surface area contributed by atoms with Gasteiger partial charge in [0.15, 0.2) is 23.0 Å². The molecule has 0 aliphatic heterocycles. The number of carbonyl (C=O) groups excluding carboxylic acids is 1. The molecule has 0 aliphatic rings. The van der Waals surface area contributed by atoms with Crippen LogP contribution < -0.4 is 19.5 Å². The second-order valence-electron chi connectivity index (χ2n) is 6.68. The molecule has 0 unspecified atom stereocenters. The lowest BCUT2D eigenvalue weighted by atomic mass is 10.1. The predicted molar refractivity (Wildman–Crippen MR) is 115 cm³/mol. The Morgan fingerprint density at radius 1 is 0.935 bits per heavy atom. The molecule has 0 atom stereocenters. The number of anilines is 1. The highest BCUT2D eigenvalue weighted by Crippen LogP contribution is 2.38. The third kappa shape index (κ3) is 3.85. The van der Waals surface area contributed by atoms with Crippen molar-refractivity contribution >= 4 is 17.2 Å². The molecule has 2 aromatic carbocycles. The van der Waals surface area contributed by atoms with Crippen molar-refractivity contribution < 1.29 is 19.0 Å². The van der Waals surface area contributed by atoms with Crippen LogP contribution in [0.3, 0.4) is 0 Å². The van der Waals surface area contributed by atoms with Crippen LogP contribution in [0.15, 0.2) is 48.5 Å². The van der Waals surface area contributed by atoms with Gasteiger partial charge < -0.3 is 19.5 Å². The number of hydrogen-bond acceptors (Lipinski definition) is 7. The van der Waals surface area contributed by atoms with Crippen molar-refractivity contribution in [2.24, 2.45) is 0 Å². The van der Waals surface area contributed by atoms with Crippen LogP contribution in [-0.4, -0.2) is 47.0 Å². The maximum atomic E-state index is 12.9. The number of hydrogen-bond donors (Lipinski definition) is 1. The van der Waals surface area contributed by atoms with Crippen LogP contribution in [0, 0.1) is 6.92 Å². The molecule has 2 aromatic heterocycles. The van der Waals surface area contributed by atoms with Crippen molar-refractivity contribution in [1.29, 1.82) is 0 Å². The molecule has 0 aliphatic carbocycles. The summed E-state index contributed by atoms with van der Waals surface area (Å²) >= 11 is 0.